The van der Waals surface area contributed by atoms with E-state index in [1.807, 2.05) is 0 Å². The minimum absolute atomic E-state index is 0.0156. The predicted octanol–water partition coefficient (Wildman–Crippen LogP) is -1.52. The standard InChI is InChI=1S/C8H15N3O6/c9-7(14)17-4-2-11-8(15)10-1-3-16-5-6(12)13/h1-5H2,(H2,9,14)(H,12,13)(H2,10,11,15). The Morgan fingerprint density at radius 1 is 1.12 bits per heavy atom. The summed E-state index contributed by atoms with van der Waals surface area (Å²) in [4.78, 5) is 31.2. The molecule has 0 rings (SSSR count). The fourth-order valence-electron chi connectivity index (χ4n) is 0.775. The molecule has 0 saturated carbocycles. The number of carboxylic acid groups (broad SMARTS) is 1. The van der Waals surface area contributed by atoms with Crippen molar-refractivity contribution in [3.8, 4) is 0 Å². The zero-order valence-corrected chi connectivity index (χ0v) is 9.10. The summed E-state index contributed by atoms with van der Waals surface area (Å²) in [6.07, 6.45) is -0.908. The number of rotatable bonds is 8. The summed E-state index contributed by atoms with van der Waals surface area (Å²) in [5.41, 5.74) is 4.69. The van der Waals surface area contributed by atoms with E-state index in [0.717, 1.165) is 0 Å². The molecule has 0 unspecified atom stereocenters. The Morgan fingerprint density at radius 2 is 1.71 bits per heavy atom. The SMILES string of the molecule is NC(=O)OCCNC(=O)NCCOCC(=O)O. The van der Waals surface area contributed by atoms with Crippen LogP contribution in [-0.4, -0.2) is 56.1 Å². The number of primary amides is 1. The van der Waals surface area contributed by atoms with Crippen LogP contribution in [0.1, 0.15) is 0 Å². The number of carboxylic acids is 1. The van der Waals surface area contributed by atoms with Gasteiger partial charge in [0.2, 0.25) is 0 Å². The van der Waals surface area contributed by atoms with Gasteiger partial charge in [-0.2, -0.15) is 0 Å². The van der Waals surface area contributed by atoms with E-state index in [9.17, 15) is 14.4 Å². The normalized spacial score (nSPS) is 9.41. The molecule has 3 amide bonds. The first-order chi connectivity index (χ1) is 8.02. The second-order valence-corrected chi connectivity index (χ2v) is 2.80. The van der Waals surface area contributed by atoms with Crippen LogP contribution in [0.4, 0.5) is 9.59 Å². The summed E-state index contributed by atoms with van der Waals surface area (Å²) in [7, 11) is 0. The van der Waals surface area contributed by atoms with Gasteiger partial charge in [-0.05, 0) is 0 Å². The van der Waals surface area contributed by atoms with Gasteiger partial charge in [-0.3, -0.25) is 0 Å². The number of nitrogens with two attached hydrogens (primary N) is 1. The number of nitrogens with one attached hydrogen (secondary N) is 2. The van der Waals surface area contributed by atoms with E-state index in [1.54, 1.807) is 0 Å². The van der Waals surface area contributed by atoms with Crippen LogP contribution in [0.5, 0.6) is 0 Å². The van der Waals surface area contributed by atoms with E-state index >= 15 is 0 Å². The van der Waals surface area contributed by atoms with E-state index < -0.39 is 24.7 Å². The zero-order chi connectivity index (χ0) is 13.1. The first-order valence-electron chi connectivity index (χ1n) is 4.76. The molecule has 0 saturated heterocycles. The third-order valence-corrected chi connectivity index (χ3v) is 1.39. The van der Waals surface area contributed by atoms with Gasteiger partial charge in [0.25, 0.3) is 0 Å². The molecule has 0 spiro atoms. The summed E-state index contributed by atoms with van der Waals surface area (Å²) < 4.78 is 9.04. The predicted molar refractivity (Wildman–Crippen MR) is 55.4 cm³/mol. The van der Waals surface area contributed by atoms with Crippen LogP contribution in [-0.2, 0) is 14.3 Å². The molecule has 0 aliphatic carbocycles. The minimum atomic E-state index is -1.07. The van der Waals surface area contributed by atoms with Crippen LogP contribution in [0.3, 0.4) is 0 Å². The molecular formula is C8H15N3O6. The fourth-order valence-corrected chi connectivity index (χ4v) is 0.775. The molecule has 0 atom stereocenters. The first kappa shape index (κ1) is 15.0. The topological polar surface area (TPSA) is 140 Å². The van der Waals surface area contributed by atoms with E-state index in [0.29, 0.717) is 0 Å². The molecule has 5 N–H and O–H groups in total. The lowest BCUT2D eigenvalue weighted by Gasteiger charge is -2.07. The summed E-state index contributed by atoms with van der Waals surface area (Å²) in [6.45, 7) is -0.0218. The van der Waals surface area contributed by atoms with Crippen molar-refractivity contribution < 1.29 is 29.0 Å². The van der Waals surface area contributed by atoms with Crippen LogP contribution in [0, 0.1) is 0 Å². The molecular weight excluding hydrogens is 234 g/mol. The number of amides is 3. The number of hydrogen-bond acceptors (Lipinski definition) is 5. The van der Waals surface area contributed by atoms with Gasteiger partial charge in [0, 0.05) is 6.54 Å². The maximum absolute atomic E-state index is 11.0. The quantitative estimate of drug-likeness (QED) is 0.385. The molecule has 9 heteroatoms. The minimum Gasteiger partial charge on any atom is -0.480 e. The summed E-state index contributed by atoms with van der Waals surface area (Å²) >= 11 is 0. The Morgan fingerprint density at radius 3 is 2.24 bits per heavy atom. The van der Waals surface area contributed by atoms with Gasteiger partial charge in [-0.15, -0.1) is 0 Å². The summed E-state index contributed by atoms with van der Waals surface area (Å²) in [5.74, 6) is -1.07. The number of carbonyl (C=O) groups excluding carboxylic acids is 2. The molecule has 0 aromatic rings. The molecule has 0 fully saturated rings. The Bertz CT molecular complexity index is 270. The first-order valence-corrected chi connectivity index (χ1v) is 4.76. The molecule has 0 heterocycles. The molecule has 9 nitrogen and oxygen atoms in total. The Balaban J connectivity index is 3.29. The van der Waals surface area contributed by atoms with E-state index in [1.165, 1.54) is 0 Å². The molecule has 0 radical (unpaired) electrons. The average molecular weight is 249 g/mol. The monoisotopic (exact) mass is 249 g/mol. The second-order valence-electron chi connectivity index (χ2n) is 2.80. The maximum Gasteiger partial charge on any atom is 0.404 e. The van der Waals surface area contributed by atoms with E-state index in [-0.39, 0.29) is 26.3 Å². The zero-order valence-electron chi connectivity index (χ0n) is 9.10. The largest absolute Gasteiger partial charge is 0.480 e. The maximum atomic E-state index is 11.0. The van der Waals surface area contributed by atoms with Gasteiger partial charge >= 0.3 is 18.1 Å². The molecule has 0 aromatic heterocycles. The average Bonchev–Trinajstić information content (AvgIpc) is 2.23. The van der Waals surface area contributed by atoms with Gasteiger partial charge in [-0.25, -0.2) is 14.4 Å². The highest BCUT2D eigenvalue weighted by Crippen LogP contribution is 1.75. The lowest BCUT2D eigenvalue weighted by atomic mass is 10.6. The third-order valence-electron chi connectivity index (χ3n) is 1.39. The highest BCUT2D eigenvalue weighted by molar-refractivity contribution is 5.73. The summed E-state index contributed by atoms with van der Waals surface area (Å²) in [6, 6.07) is -0.475. The van der Waals surface area contributed by atoms with Crippen LogP contribution < -0.4 is 16.4 Å². The van der Waals surface area contributed by atoms with Gasteiger partial charge in [-0.1, -0.05) is 0 Å². The van der Waals surface area contributed by atoms with Crippen molar-refractivity contribution in [2.75, 3.05) is 32.9 Å². The van der Waals surface area contributed by atoms with E-state index in [4.69, 9.17) is 10.8 Å². The van der Waals surface area contributed by atoms with Gasteiger partial charge in [0.1, 0.15) is 13.2 Å². The molecule has 0 bridgehead atoms. The number of urea groups is 1. The molecule has 98 valence electrons. The Hall–Kier alpha value is -2.03. The van der Waals surface area contributed by atoms with Crippen molar-refractivity contribution in [3.63, 3.8) is 0 Å². The van der Waals surface area contributed by atoms with Crippen molar-refractivity contribution >= 4 is 18.1 Å². The Labute approximate surface area is 97.2 Å². The van der Waals surface area contributed by atoms with Crippen molar-refractivity contribution in [2.24, 2.45) is 5.73 Å². The summed E-state index contributed by atoms with van der Waals surface area (Å²) in [5, 5.41) is 13.0. The molecule has 0 aliphatic rings. The van der Waals surface area contributed by atoms with Gasteiger partial charge in [0.05, 0.1) is 13.2 Å². The van der Waals surface area contributed by atoms with Crippen LogP contribution in [0.15, 0.2) is 0 Å². The van der Waals surface area contributed by atoms with Gasteiger partial charge < -0.3 is 30.9 Å². The van der Waals surface area contributed by atoms with Crippen molar-refractivity contribution in [1.29, 1.82) is 0 Å². The lowest BCUT2D eigenvalue weighted by Crippen LogP contribution is -2.39. The molecule has 17 heavy (non-hydrogen) atoms. The number of hydrogen-bond donors (Lipinski definition) is 4. The fraction of sp³-hybridized carbons (Fsp3) is 0.625. The van der Waals surface area contributed by atoms with Crippen LogP contribution in [0.2, 0.25) is 0 Å². The highest BCUT2D eigenvalue weighted by atomic mass is 16.5. The molecule has 0 aliphatic heterocycles. The number of aliphatic carboxylic acids is 1. The number of ether oxygens (including phenoxy) is 2. The van der Waals surface area contributed by atoms with Gasteiger partial charge in [0.15, 0.2) is 0 Å². The highest BCUT2D eigenvalue weighted by Gasteiger charge is 2.00. The van der Waals surface area contributed by atoms with Crippen molar-refractivity contribution in [2.45, 2.75) is 0 Å². The lowest BCUT2D eigenvalue weighted by molar-refractivity contribution is -0.142. The number of carbonyl (C=O) groups is 3. The Kier molecular flexibility index (Phi) is 8.11. The third kappa shape index (κ3) is 11.9. The van der Waals surface area contributed by atoms with Crippen LogP contribution >= 0.6 is 0 Å². The van der Waals surface area contributed by atoms with Crippen molar-refractivity contribution in [1.82, 2.24) is 10.6 Å². The van der Waals surface area contributed by atoms with Crippen LogP contribution in [0.25, 0.3) is 0 Å². The smallest absolute Gasteiger partial charge is 0.404 e. The molecule has 0 aromatic carbocycles. The van der Waals surface area contributed by atoms with Crippen molar-refractivity contribution in [3.05, 3.63) is 0 Å². The second kappa shape index (κ2) is 9.21. The van der Waals surface area contributed by atoms with E-state index in [2.05, 4.69) is 20.1 Å².